The van der Waals surface area contributed by atoms with Gasteiger partial charge in [0.15, 0.2) is 6.61 Å². The van der Waals surface area contributed by atoms with E-state index in [4.69, 9.17) is 9.47 Å². The van der Waals surface area contributed by atoms with Gasteiger partial charge in [-0.05, 0) is 42.5 Å². The van der Waals surface area contributed by atoms with Crippen LogP contribution in [0.3, 0.4) is 0 Å². The Bertz CT molecular complexity index is 961. The molecule has 140 valence electrons. The van der Waals surface area contributed by atoms with Gasteiger partial charge >= 0.3 is 0 Å². The Labute approximate surface area is 156 Å². The Morgan fingerprint density at radius 1 is 1.04 bits per heavy atom. The highest BCUT2D eigenvalue weighted by Gasteiger charge is 2.11. The van der Waals surface area contributed by atoms with E-state index < -0.39 is 0 Å². The maximum atomic E-state index is 12.5. The highest BCUT2D eigenvalue weighted by Crippen LogP contribution is 2.22. The highest BCUT2D eigenvalue weighted by atomic mass is 16.5. The SMILES string of the molecule is COc1ccc2cc(C(=O)Nc3ccc(OCC(=O)N(C)C)cc3)[nH]c2c1. The van der Waals surface area contributed by atoms with E-state index in [0.29, 0.717) is 17.1 Å². The van der Waals surface area contributed by atoms with Crippen molar-refractivity contribution in [3.05, 3.63) is 54.2 Å². The molecule has 0 bridgehead atoms. The van der Waals surface area contributed by atoms with E-state index in [9.17, 15) is 9.59 Å². The van der Waals surface area contributed by atoms with Crippen LogP contribution in [0.15, 0.2) is 48.5 Å². The number of benzene rings is 2. The predicted octanol–water partition coefficient (Wildman–Crippen LogP) is 2.90. The molecule has 0 aliphatic heterocycles. The lowest BCUT2D eigenvalue weighted by Gasteiger charge is -2.11. The van der Waals surface area contributed by atoms with Crippen LogP contribution < -0.4 is 14.8 Å². The van der Waals surface area contributed by atoms with Gasteiger partial charge in [0.2, 0.25) is 0 Å². The normalized spacial score (nSPS) is 10.5. The van der Waals surface area contributed by atoms with Crippen molar-refractivity contribution in [2.24, 2.45) is 0 Å². The third-order valence-corrected chi connectivity index (χ3v) is 4.05. The molecule has 0 saturated heterocycles. The van der Waals surface area contributed by atoms with Gasteiger partial charge in [0, 0.05) is 36.8 Å². The summed E-state index contributed by atoms with van der Waals surface area (Å²) in [5, 5.41) is 3.75. The minimum Gasteiger partial charge on any atom is -0.497 e. The summed E-state index contributed by atoms with van der Waals surface area (Å²) < 4.78 is 10.6. The maximum absolute atomic E-state index is 12.5. The second-order valence-electron chi connectivity index (χ2n) is 6.19. The summed E-state index contributed by atoms with van der Waals surface area (Å²) in [7, 11) is 4.94. The van der Waals surface area contributed by atoms with Gasteiger partial charge in [-0.15, -0.1) is 0 Å². The number of ether oxygens (including phenoxy) is 2. The monoisotopic (exact) mass is 367 g/mol. The van der Waals surface area contributed by atoms with Crippen molar-refractivity contribution in [1.29, 1.82) is 0 Å². The van der Waals surface area contributed by atoms with Crippen LogP contribution in [0.25, 0.3) is 10.9 Å². The quantitative estimate of drug-likeness (QED) is 0.702. The molecule has 0 fully saturated rings. The van der Waals surface area contributed by atoms with Gasteiger partial charge in [0.1, 0.15) is 17.2 Å². The second kappa shape index (κ2) is 7.82. The van der Waals surface area contributed by atoms with Gasteiger partial charge in [0.05, 0.1) is 7.11 Å². The first-order valence-corrected chi connectivity index (χ1v) is 8.37. The number of aromatic nitrogens is 1. The fraction of sp³-hybridized carbons (Fsp3) is 0.200. The Morgan fingerprint density at radius 3 is 2.41 bits per heavy atom. The van der Waals surface area contributed by atoms with Crippen LogP contribution in [0.1, 0.15) is 10.5 Å². The first kappa shape index (κ1) is 18.3. The molecule has 3 aromatic rings. The minimum absolute atomic E-state index is 0.0305. The molecule has 7 nitrogen and oxygen atoms in total. The van der Waals surface area contributed by atoms with Crippen molar-refractivity contribution >= 4 is 28.4 Å². The van der Waals surface area contributed by atoms with Gasteiger partial charge in [0.25, 0.3) is 11.8 Å². The molecule has 2 N–H and O–H groups in total. The van der Waals surface area contributed by atoms with Crippen molar-refractivity contribution in [3.63, 3.8) is 0 Å². The van der Waals surface area contributed by atoms with Crippen LogP contribution in [-0.2, 0) is 4.79 Å². The molecular formula is C20H21N3O4. The van der Waals surface area contributed by atoms with Gasteiger partial charge in [-0.1, -0.05) is 0 Å². The Morgan fingerprint density at radius 2 is 1.74 bits per heavy atom. The van der Waals surface area contributed by atoms with Crippen LogP contribution in [0.4, 0.5) is 5.69 Å². The number of nitrogens with zero attached hydrogens (tertiary/aromatic N) is 1. The van der Waals surface area contributed by atoms with Crippen molar-refractivity contribution < 1.29 is 19.1 Å². The van der Waals surface area contributed by atoms with Crippen LogP contribution in [0, 0.1) is 0 Å². The molecule has 0 saturated carbocycles. The van der Waals surface area contributed by atoms with Crippen molar-refractivity contribution in [2.45, 2.75) is 0 Å². The number of carbonyl (C=O) groups excluding carboxylic acids is 2. The number of nitrogens with one attached hydrogen (secondary N) is 2. The largest absolute Gasteiger partial charge is 0.497 e. The molecule has 27 heavy (non-hydrogen) atoms. The first-order valence-electron chi connectivity index (χ1n) is 8.37. The summed E-state index contributed by atoms with van der Waals surface area (Å²) in [6.07, 6.45) is 0. The smallest absolute Gasteiger partial charge is 0.272 e. The molecule has 0 aliphatic carbocycles. The van der Waals surface area contributed by atoms with Crippen molar-refractivity contribution in [1.82, 2.24) is 9.88 Å². The van der Waals surface area contributed by atoms with Crippen molar-refractivity contribution in [2.75, 3.05) is 33.1 Å². The number of carbonyl (C=O) groups is 2. The van der Waals surface area contributed by atoms with E-state index in [1.807, 2.05) is 18.2 Å². The van der Waals surface area contributed by atoms with E-state index in [0.717, 1.165) is 16.7 Å². The summed E-state index contributed by atoms with van der Waals surface area (Å²) >= 11 is 0. The van der Waals surface area contributed by atoms with Crippen LogP contribution in [0.2, 0.25) is 0 Å². The number of rotatable bonds is 6. The fourth-order valence-electron chi connectivity index (χ4n) is 2.46. The summed E-state index contributed by atoms with van der Waals surface area (Å²) in [4.78, 5) is 28.5. The molecule has 1 aromatic heterocycles. The zero-order valence-corrected chi connectivity index (χ0v) is 15.4. The highest BCUT2D eigenvalue weighted by molar-refractivity contribution is 6.06. The minimum atomic E-state index is -0.248. The third-order valence-electron chi connectivity index (χ3n) is 4.05. The maximum Gasteiger partial charge on any atom is 0.272 e. The molecule has 0 aliphatic rings. The molecule has 3 rings (SSSR count). The number of methoxy groups -OCH3 is 1. The van der Waals surface area contributed by atoms with Gasteiger partial charge < -0.3 is 24.7 Å². The lowest BCUT2D eigenvalue weighted by molar-refractivity contribution is -0.130. The number of fused-ring (bicyclic) bond motifs is 1. The molecule has 0 atom stereocenters. The number of anilines is 1. The topological polar surface area (TPSA) is 83.7 Å². The Kier molecular flexibility index (Phi) is 5.30. The average Bonchev–Trinajstić information content (AvgIpc) is 3.10. The van der Waals surface area contributed by atoms with E-state index in [1.165, 1.54) is 4.90 Å². The number of hydrogen-bond acceptors (Lipinski definition) is 4. The average molecular weight is 367 g/mol. The van der Waals surface area contributed by atoms with Gasteiger partial charge in [-0.3, -0.25) is 9.59 Å². The Balaban J connectivity index is 1.64. The lowest BCUT2D eigenvalue weighted by atomic mass is 10.2. The number of H-pyrrole nitrogens is 1. The lowest BCUT2D eigenvalue weighted by Crippen LogP contribution is -2.27. The summed E-state index contributed by atoms with van der Waals surface area (Å²) in [5.41, 5.74) is 1.91. The van der Waals surface area contributed by atoms with E-state index in [2.05, 4.69) is 10.3 Å². The van der Waals surface area contributed by atoms with Crippen LogP contribution in [-0.4, -0.2) is 49.5 Å². The standard InChI is InChI=1S/C20H21N3O4/c1-23(2)19(24)12-27-15-8-5-14(6-9-15)21-20(25)18-10-13-4-7-16(26-3)11-17(13)22-18/h4-11,22H,12H2,1-3H3,(H,21,25). The molecule has 7 heteroatoms. The Hall–Kier alpha value is -3.48. The molecule has 2 aromatic carbocycles. The predicted molar refractivity (Wildman–Crippen MR) is 103 cm³/mol. The van der Waals surface area contributed by atoms with Crippen LogP contribution >= 0.6 is 0 Å². The van der Waals surface area contributed by atoms with Gasteiger partial charge in [-0.25, -0.2) is 0 Å². The summed E-state index contributed by atoms with van der Waals surface area (Å²) in [6, 6.07) is 14.2. The molecule has 1 heterocycles. The van der Waals surface area contributed by atoms with E-state index >= 15 is 0 Å². The summed E-state index contributed by atoms with van der Waals surface area (Å²) in [6.45, 7) is -0.0305. The first-order chi connectivity index (χ1) is 13.0. The zero-order valence-electron chi connectivity index (χ0n) is 15.4. The van der Waals surface area contributed by atoms with Gasteiger partial charge in [-0.2, -0.15) is 0 Å². The third kappa shape index (κ3) is 4.38. The molecule has 2 amide bonds. The molecular weight excluding hydrogens is 346 g/mol. The molecule has 0 unspecified atom stereocenters. The number of amides is 2. The zero-order chi connectivity index (χ0) is 19.4. The molecule has 0 spiro atoms. The van der Waals surface area contributed by atoms with Crippen molar-refractivity contribution in [3.8, 4) is 11.5 Å². The van der Waals surface area contributed by atoms with Crippen LogP contribution in [0.5, 0.6) is 11.5 Å². The summed E-state index contributed by atoms with van der Waals surface area (Å²) in [5.74, 6) is 0.907. The second-order valence-corrected chi connectivity index (χ2v) is 6.19. The number of aromatic amines is 1. The number of hydrogen-bond donors (Lipinski definition) is 2. The molecule has 0 radical (unpaired) electrons. The number of likely N-dealkylation sites (N-methyl/N-ethyl adjacent to an activating group) is 1. The fourth-order valence-corrected chi connectivity index (χ4v) is 2.46. The van der Waals surface area contributed by atoms with E-state index in [1.54, 1.807) is 51.5 Å². The van der Waals surface area contributed by atoms with E-state index in [-0.39, 0.29) is 18.4 Å².